The second kappa shape index (κ2) is 6.21. The molecule has 0 spiro atoms. The van der Waals surface area contributed by atoms with Crippen LogP contribution in [-0.2, 0) is 6.54 Å². The molecule has 0 bridgehead atoms. The molecule has 1 aliphatic heterocycles. The summed E-state index contributed by atoms with van der Waals surface area (Å²) in [5.74, 6) is -0.970. The van der Waals surface area contributed by atoms with Gasteiger partial charge in [0.15, 0.2) is 0 Å². The van der Waals surface area contributed by atoms with Gasteiger partial charge in [-0.3, -0.25) is 0 Å². The van der Waals surface area contributed by atoms with Gasteiger partial charge in [0, 0.05) is 12.6 Å². The van der Waals surface area contributed by atoms with E-state index in [-0.39, 0.29) is 23.5 Å². The highest BCUT2D eigenvalue weighted by Crippen LogP contribution is 2.19. The van der Waals surface area contributed by atoms with E-state index in [2.05, 4.69) is 17.2 Å². The summed E-state index contributed by atoms with van der Waals surface area (Å²) in [6.45, 7) is 4.78. The minimum absolute atomic E-state index is 0.0954. The Morgan fingerprint density at radius 3 is 2.85 bits per heavy atom. The van der Waals surface area contributed by atoms with Crippen LogP contribution in [0.1, 0.15) is 46.6 Å². The molecule has 2 heterocycles. The lowest BCUT2D eigenvalue weighted by Crippen LogP contribution is -2.47. The number of piperidine rings is 1. The maximum atomic E-state index is 12.1. The molecule has 6 nitrogen and oxygen atoms in total. The maximum Gasteiger partial charge on any atom is 0.347 e. The molecule has 20 heavy (non-hydrogen) atoms. The Labute approximate surface area is 121 Å². The smallest absolute Gasteiger partial charge is 0.347 e. The van der Waals surface area contributed by atoms with Gasteiger partial charge < -0.3 is 15.3 Å². The highest BCUT2D eigenvalue weighted by atomic mass is 32.1. The lowest BCUT2D eigenvalue weighted by molar-refractivity contribution is 0.0701. The molecule has 0 saturated carbocycles. The number of urea groups is 1. The van der Waals surface area contributed by atoms with E-state index in [0.717, 1.165) is 30.7 Å². The topological polar surface area (TPSA) is 82.5 Å². The number of nitrogens with zero attached hydrogens (tertiary/aromatic N) is 2. The van der Waals surface area contributed by atoms with Gasteiger partial charge in [0.2, 0.25) is 0 Å². The van der Waals surface area contributed by atoms with Gasteiger partial charge in [-0.05, 0) is 33.1 Å². The van der Waals surface area contributed by atoms with Crippen LogP contribution in [0, 0.1) is 6.92 Å². The molecule has 1 aliphatic rings. The van der Waals surface area contributed by atoms with Crippen LogP contribution >= 0.6 is 11.3 Å². The molecule has 0 radical (unpaired) electrons. The van der Waals surface area contributed by atoms with Crippen LogP contribution in [0.4, 0.5) is 4.79 Å². The molecule has 1 atom stereocenters. The summed E-state index contributed by atoms with van der Waals surface area (Å²) in [4.78, 5) is 29.3. The number of nitrogens with one attached hydrogen (secondary N) is 1. The zero-order valence-corrected chi connectivity index (χ0v) is 12.5. The fourth-order valence-corrected chi connectivity index (χ4v) is 3.22. The van der Waals surface area contributed by atoms with Gasteiger partial charge in [-0.15, -0.1) is 11.3 Å². The summed E-state index contributed by atoms with van der Waals surface area (Å²) in [7, 11) is 0. The Bertz CT molecular complexity index is 515. The molecule has 2 amide bonds. The Morgan fingerprint density at radius 2 is 2.25 bits per heavy atom. The highest BCUT2D eigenvalue weighted by Gasteiger charge is 2.23. The largest absolute Gasteiger partial charge is 0.477 e. The van der Waals surface area contributed by atoms with Gasteiger partial charge in [-0.25, -0.2) is 14.6 Å². The van der Waals surface area contributed by atoms with Crippen molar-refractivity contribution in [3.63, 3.8) is 0 Å². The molecule has 0 aliphatic carbocycles. The van der Waals surface area contributed by atoms with Gasteiger partial charge in [0.05, 0.1) is 12.2 Å². The van der Waals surface area contributed by atoms with E-state index >= 15 is 0 Å². The number of aryl methyl sites for hydroxylation is 1. The van der Waals surface area contributed by atoms with Crippen molar-refractivity contribution in [3.05, 3.63) is 15.6 Å². The second-order valence-electron chi connectivity index (χ2n) is 5.02. The number of carbonyl (C=O) groups excluding carboxylic acids is 1. The van der Waals surface area contributed by atoms with Crippen LogP contribution in [0.5, 0.6) is 0 Å². The molecular weight excluding hydrogens is 278 g/mol. The number of carboxylic acid groups (broad SMARTS) is 1. The van der Waals surface area contributed by atoms with Gasteiger partial charge in [0.25, 0.3) is 0 Å². The van der Waals surface area contributed by atoms with E-state index in [1.807, 2.05) is 4.90 Å². The number of thiazole rings is 1. The molecular formula is C13H19N3O3S. The van der Waals surface area contributed by atoms with Crippen molar-refractivity contribution in [1.82, 2.24) is 15.2 Å². The Morgan fingerprint density at radius 1 is 1.50 bits per heavy atom. The average molecular weight is 297 g/mol. The van der Waals surface area contributed by atoms with E-state index in [4.69, 9.17) is 5.11 Å². The van der Waals surface area contributed by atoms with Crippen LogP contribution in [0.25, 0.3) is 0 Å². The molecule has 7 heteroatoms. The first kappa shape index (κ1) is 14.8. The van der Waals surface area contributed by atoms with Gasteiger partial charge >= 0.3 is 12.0 Å². The number of carboxylic acids is 1. The zero-order valence-electron chi connectivity index (χ0n) is 11.7. The van der Waals surface area contributed by atoms with Crippen LogP contribution in [0.2, 0.25) is 0 Å². The van der Waals surface area contributed by atoms with E-state index in [1.54, 1.807) is 6.92 Å². The van der Waals surface area contributed by atoms with Crippen molar-refractivity contribution >= 4 is 23.3 Å². The summed E-state index contributed by atoms with van der Waals surface area (Å²) in [5, 5.41) is 12.4. The van der Waals surface area contributed by atoms with E-state index < -0.39 is 5.97 Å². The SMILES string of the molecule is Cc1nc(CNC(=O)N2CCCCC2C)sc1C(=O)O. The molecule has 2 N–H and O–H groups in total. The molecule has 1 aromatic rings. The lowest BCUT2D eigenvalue weighted by atomic mass is 10.0. The number of likely N-dealkylation sites (tertiary alicyclic amines) is 1. The van der Waals surface area contributed by atoms with Crippen molar-refractivity contribution in [1.29, 1.82) is 0 Å². The van der Waals surface area contributed by atoms with E-state index in [9.17, 15) is 9.59 Å². The number of aromatic nitrogens is 1. The van der Waals surface area contributed by atoms with Crippen LogP contribution < -0.4 is 5.32 Å². The fourth-order valence-electron chi connectivity index (χ4n) is 2.38. The number of rotatable bonds is 3. The van der Waals surface area contributed by atoms with Crippen LogP contribution in [0.15, 0.2) is 0 Å². The van der Waals surface area contributed by atoms with Crippen molar-refractivity contribution in [2.45, 2.75) is 45.7 Å². The van der Waals surface area contributed by atoms with Gasteiger partial charge in [-0.2, -0.15) is 0 Å². The third-order valence-electron chi connectivity index (χ3n) is 3.49. The predicted octanol–water partition coefficient (Wildman–Crippen LogP) is 2.23. The number of hydrogen-bond acceptors (Lipinski definition) is 4. The number of aromatic carboxylic acids is 1. The Balaban J connectivity index is 1.93. The molecule has 110 valence electrons. The Kier molecular flexibility index (Phi) is 4.59. The summed E-state index contributed by atoms with van der Waals surface area (Å²) >= 11 is 1.11. The standard InChI is InChI=1S/C13H19N3O3S/c1-8-5-3-4-6-16(8)13(19)14-7-10-15-9(2)11(20-10)12(17)18/h8H,3-7H2,1-2H3,(H,14,19)(H,17,18). The minimum Gasteiger partial charge on any atom is -0.477 e. The van der Waals surface area contributed by atoms with Crippen molar-refractivity contribution in [2.75, 3.05) is 6.54 Å². The monoisotopic (exact) mass is 297 g/mol. The predicted molar refractivity (Wildman–Crippen MR) is 76.1 cm³/mol. The minimum atomic E-state index is -0.970. The first-order valence-electron chi connectivity index (χ1n) is 6.73. The fraction of sp³-hybridized carbons (Fsp3) is 0.615. The van der Waals surface area contributed by atoms with Crippen molar-refractivity contribution in [3.8, 4) is 0 Å². The quantitative estimate of drug-likeness (QED) is 0.896. The molecule has 1 fully saturated rings. The van der Waals surface area contributed by atoms with Crippen LogP contribution in [-0.4, -0.2) is 39.6 Å². The molecule has 0 aromatic carbocycles. The van der Waals surface area contributed by atoms with Crippen molar-refractivity contribution < 1.29 is 14.7 Å². The zero-order chi connectivity index (χ0) is 14.7. The third kappa shape index (κ3) is 3.27. The van der Waals surface area contributed by atoms with E-state index in [1.165, 1.54) is 6.42 Å². The van der Waals surface area contributed by atoms with Gasteiger partial charge in [-0.1, -0.05) is 0 Å². The summed E-state index contributed by atoms with van der Waals surface area (Å²) < 4.78 is 0. The first-order valence-corrected chi connectivity index (χ1v) is 7.54. The number of amides is 2. The summed E-state index contributed by atoms with van der Waals surface area (Å²) in [6, 6.07) is 0.165. The molecule has 1 aromatic heterocycles. The molecule has 1 saturated heterocycles. The second-order valence-corrected chi connectivity index (χ2v) is 6.11. The Hall–Kier alpha value is -1.63. The molecule has 1 unspecified atom stereocenters. The summed E-state index contributed by atoms with van der Waals surface area (Å²) in [5.41, 5.74) is 0.498. The van der Waals surface area contributed by atoms with E-state index in [0.29, 0.717) is 10.7 Å². The van der Waals surface area contributed by atoms with Crippen molar-refractivity contribution in [2.24, 2.45) is 0 Å². The lowest BCUT2D eigenvalue weighted by Gasteiger charge is -2.33. The average Bonchev–Trinajstić information content (AvgIpc) is 2.78. The number of carbonyl (C=O) groups is 2. The van der Waals surface area contributed by atoms with Gasteiger partial charge in [0.1, 0.15) is 9.88 Å². The number of hydrogen-bond donors (Lipinski definition) is 2. The summed E-state index contributed by atoms with van der Waals surface area (Å²) in [6.07, 6.45) is 3.24. The highest BCUT2D eigenvalue weighted by molar-refractivity contribution is 7.13. The third-order valence-corrected chi connectivity index (χ3v) is 4.64. The maximum absolute atomic E-state index is 12.1. The molecule has 2 rings (SSSR count). The first-order chi connectivity index (χ1) is 9.49. The normalized spacial score (nSPS) is 18.9. The van der Waals surface area contributed by atoms with Crippen LogP contribution in [0.3, 0.4) is 0 Å².